The second kappa shape index (κ2) is 5.70. The van der Waals surface area contributed by atoms with Crippen LogP contribution in [0.5, 0.6) is 0 Å². The third-order valence-electron chi connectivity index (χ3n) is 4.08. The molecule has 1 aliphatic rings. The molecule has 1 aliphatic heterocycles. The van der Waals surface area contributed by atoms with Crippen molar-refractivity contribution in [2.75, 3.05) is 13.2 Å². The van der Waals surface area contributed by atoms with E-state index >= 15 is 0 Å². The van der Waals surface area contributed by atoms with Gasteiger partial charge in [-0.3, -0.25) is 11.3 Å². The number of benzene rings is 2. The molecule has 3 N–H and O–H groups in total. The third-order valence-corrected chi connectivity index (χ3v) is 4.08. The number of hydrogen-bond donors (Lipinski definition) is 2. The maximum absolute atomic E-state index is 5.84. The summed E-state index contributed by atoms with van der Waals surface area (Å²) in [5, 5.41) is 2.56. The van der Waals surface area contributed by atoms with Crippen molar-refractivity contribution in [3.63, 3.8) is 0 Å². The van der Waals surface area contributed by atoms with Crippen LogP contribution in [0.2, 0.25) is 0 Å². The Bertz CT molecular complexity index is 544. The van der Waals surface area contributed by atoms with Crippen LogP contribution < -0.4 is 11.3 Å². The van der Waals surface area contributed by atoms with Gasteiger partial charge in [0.25, 0.3) is 0 Å². The van der Waals surface area contributed by atoms with Gasteiger partial charge >= 0.3 is 0 Å². The number of nitrogens with two attached hydrogens (primary N) is 1. The maximum atomic E-state index is 5.84. The van der Waals surface area contributed by atoms with E-state index in [1.54, 1.807) is 0 Å². The van der Waals surface area contributed by atoms with Crippen LogP contribution in [0.15, 0.2) is 42.5 Å². The Morgan fingerprint density at radius 3 is 2.58 bits per heavy atom. The summed E-state index contributed by atoms with van der Waals surface area (Å²) in [5.74, 6) is 6.38. The maximum Gasteiger partial charge on any atom is 0.0495 e. The predicted molar refractivity (Wildman–Crippen MR) is 77.6 cm³/mol. The van der Waals surface area contributed by atoms with Gasteiger partial charge in [0.1, 0.15) is 0 Å². The Kier molecular flexibility index (Phi) is 3.78. The van der Waals surface area contributed by atoms with Crippen LogP contribution in [-0.4, -0.2) is 13.2 Å². The third kappa shape index (κ3) is 2.50. The molecule has 1 heterocycles. The summed E-state index contributed by atoms with van der Waals surface area (Å²) in [6, 6.07) is 15.1. The van der Waals surface area contributed by atoms with E-state index in [0.29, 0.717) is 5.92 Å². The van der Waals surface area contributed by atoms with Gasteiger partial charge < -0.3 is 4.74 Å². The molecule has 1 saturated heterocycles. The number of ether oxygens (including phenoxy) is 1. The lowest BCUT2D eigenvalue weighted by atomic mass is 9.85. The van der Waals surface area contributed by atoms with Crippen molar-refractivity contribution >= 4 is 10.8 Å². The normalized spacial score (nSPS) is 18.6. The topological polar surface area (TPSA) is 47.3 Å². The number of nitrogens with one attached hydrogen (secondary N) is 1. The highest BCUT2D eigenvalue weighted by atomic mass is 16.5. The molecule has 0 spiro atoms. The molecule has 1 unspecified atom stereocenters. The van der Waals surface area contributed by atoms with Crippen LogP contribution in [0.1, 0.15) is 24.4 Å². The number of rotatable bonds is 3. The summed E-state index contributed by atoms with van der Waals surface area (Å²) in [5.41, 5.74) is 4.32. The standard InChI is InChI=1S/C16H20N2O/c17-18-16(13-8-10-19-11-9-13)15-7-3-5-12-4-1-2-6-14(12)15/h1-7,13,16,18H,8-11,17H2. The van der Waals surface area contributed by atoms with Crippen molar-refractivity contribution < 1.29 is 4.74 Å². The van der Waals surface area contributed by atoms with Crippen molar-refractivity contribution in [2.45, 2.75) is 18.9 Å². The molecule has 0 bridgehead atoms. The number of hydrazine groups is 1. The molecule has 0 aromatic heterocycles. The first kappa shape index (κ1) is 12.6. The Labute approximate surface area is 113 Å². The molecule has 3 heteroatoms. The molecule has 0 radical (unpaired) electrons. The Morgan fingerprint density at radius 1 is 1.05 bits per heavy atom. The SMILES string of the molecule is NNC(c1cccc2ccccc12)C1CCOCC1. The van der Waals surface area contributed by atoms with Gasteiger partial charge in [0.2, 0.25) is 0 Å². The molecule has 0 saturated carbocycles. The zero-order valence-corrected chi connectivity index (χ0v) is 11.0. The summed E-state index contributed by atoms with van der Waals surface area (Å²) in [4.78, 5) is 0. The summed E-state index contributed by atoms with van der Waals surface area (Å²) >= 11 is 0. The molecule has 100 valence electrons. The van der Waals surface area contributed by atoms with Gasteiger partial charge in [-0.2, -0.15) is 0 Å². The molecular weight excluding hydrogens is 236 g/mol. The molecule has 2 aromatic carbocycles. The zero-order chi connectivity index (χ0) is 13.1. The monoisotopic (exact) mass is 256 g/mol. The summed E-state index contributed by atoms with van der Waals surface area (Å²) in [6.07, 6.45) is 2.14. The predicted octanol–water partition coefficient (Wildman–Crippen LogP) is 2.77. The van der Waals surface area contributed by atoms with E-state index in [2.05, 4.69) is 47.9 Å². The van der Waals surface area contributed by atoms with Gasteiger partial charge in [0.15, 0.2) is 0 Å². The van der Waals surface area contributed by atoms with Crippen LogP contribution >= 0.6 is 0 Å². The van der Waals surface area contributed by atoms with Crippen molar-refractivity contribution in [3.8, 4) is 0 Å². The fourth-order valence-electron chi connectivity index (χ4n) is 3.05. The van der Waals surface area contributed by atoms with E-state index in [-0.39, 0.29) is 6.04 Å². The summed E-state index contributed by atoms with van der Waals surface area (Å²) in [7, 11) is 0. The van der Waals surface area contributed by atoms with Gasteiger partial charge in [-0.1, -0.05) is 42.5 Å². The molecule has 1 fully saturated rings. The Hall–Kier alpha value is -1.42. The van der Waals surface area contributed by atoms with E-state index in [1.807, 2.05) is 0 Å². The zero-order valence-electron chi connectivity index (χ0n) is 11.0. The smallest absolute Gasteiger partial charge is 0.0495 e. The molecule has 3 rings (SSSR count). The minimum atomic E-state index is 0.204. The first-order valence-electron chi connectivity index (χ1n) is 6.91. The lowest BCUT2D eigenvalue weighted by Crippen LogP contribution is -2.36. The minimum absolute atomic E-state index is 0.204. The summed E-state index contributed by atoms with van der Waals surface area (Å²) < 4.78 is 5.45. The van der Waals surface area contributed by atoms with Gasteiger partial charge in [-0.25, -0.2) is 0 Å². The minimum Gasteiger partial charge on any atom is -0.381 e. The quantitative estimate of drug-likeness (QED) is 0.655. The van der Waals surface area contributed by atoms with E-state index < -0.39 is 0 Å². The van der Waals surface area contributed by atoms with Gasteiger partial charge in [-0.05, 0) is 35.1 Å². The Morgan fingerprint density at radius 2 is 1.79 bits per heavy atom. The van der Waals surface area contributed by atoms with Crippen LogP contribution in [0.4, 0.5) is 0 Å². The lowest BCUT2D eigenvalue weighted by Gasteiger charge is -2.30. The summed E-state index contributed by atoms with van der Waals surface area (Å²) in [6.45, 7) is 1.68. The van der Waals surface area contributed by atoms with E-state index in [0.717, 1.165) is 26.1 Å². The van der Waals surface area contributed by atoms with Crippen molar-refractivity contribution in [1.82, 2.24) is 5.43 Å². The average molecular weight is 256 g/mol. The second-order valence-corrected chi connectivity index (χ2v) is 5.16. The Balaban J connectivity index is 2.00. The molecule has 0 amide bonds. The molecule has 0 aliphatic carbocycles. The highest BCUT2D eigenvalue weighted by Crippen LogP contribution is 2.33. The van der Waals surface area contributed by atoms with E-state index in [9.17, 15) is 0 Å². The number of fused-ring (bicyclic) bond motifs is 1. The molecule has 1 atom stereocenters. The molecular formula is C16H20N2O. The fourth-order valence-corrected chi connectivity index (χ4v) is 3.05. The van der Waals surface area contributed by atoms with Crippen LogP contribution in [-0.2, 0) is 4.74 Å². The van der Waals surface area contributed by atoms with Crippen LogP contribution in [0.3, 0.4) is 0 Å². The first-order chi connectivity index (χ1) is 9.40. The van der Waals surface area contributed by atoms with Crippen LogP contribution in [0, 0.1) is 5.92 Å². The number of hydrogen-bond acceptors (Lipinski definition) is 3. The first-order valence-corrected chi connectivity index (χ1v) is 6.91. The van der Waals surface area contributed by atoms with Crippen molar-refractivity contribution in [2.24, 2.45) is 11.8 Å². The fraction of sp³-hybridized carbons (Fsp3) is 0.375. The highest BCUT2D eigenvalue weighted by molar-refractivity contribution is 5.86. The highest BCUT2D eigenvalue weighted by Gasteiger charge is 2.25. The molecule has 19 heavy (non-hydrogen) atoms. The van der Waals surface area contributed by atoms with Crippen molar-refractivity contribution in [1.29, 1.82) is 0 Å². The van der Waals surface area contributed by atoms with E-state index in [1.165, 1.54) is 16.3 Å². The van der Waals surface area contributed by atoms with Gasteiger partial charge in [0, 0.05) is 19.3 Å². The van der Waals surface area contributed by atoms with Crippen molar-refractivity contribution in [3.05, 3.63) is 48.0 Å². The average Bonchev–Trinajstić information content (AvgIpc) is 2.49. The largest absolute Gasteiger partial charge is 0.381 e. The van der Waals surface area contributed by atoms with Crippen LogP contribution in [0.25, 0.3) is 10.8 Å². The van der Waals surface area contributed by atoms with E-state index in [4.69, 9.17) is 10.6 Å². The molecule has 3 nitrogen and oxygen atoms in total. The second-order valence-electron chi connectivity index (χ2n) is 5.16. The van der Waals surface area contributed by atoms with Gasteiger partial charge in [-0.15, -0.1) is 0 Å². The van der Waals surface area contributed by atoms with Gasteiger partial charge in [0.05, 0.1) is 0 Å². The molecule has 2 aromatic rings. The lowest BCUT2D eigenvalue weighted by molar-refractivity contribution is 0.0538.